The number of hydrogen-bond donors (Lipinski definition) is 3. The molecule has 136 valence electrons. The third-order valence-corrected chi connectivity index (χ3v) is 4.18. The zero-order valence-corrected chi connectivity index (χ0v) is 14.8. The van der Waals surface area contributed by atoms with Crippen molar-refractivity contribution in [2.45, 2.75) is 12.8 Å². The zero-order valence-electron chi connectivity index (χ0n) is 14.8. The Balaban J connectivity index is 1.72. The fraction of sp³-hybridized carbons (Fsp3) is 0.0909. The lowest BCUT2D eigenvalue weighted by atomic mass is 9.99. The number of aryl methyl sites for hydroxylation is 2. The molecule has 0 saturated heterocycles. The molecule has 0 aliphatic carbocycles. The average molecular weight is 359 g/mol. The third kappa shape index (κ3) is 5.19. The lowest BCUT2D eigenvalue weighted by Gasteiger charge is -2.11. The quantitative estimate of drug-likeness (QED) is 0.616. The maximum absolute atomic E-state index is 12.8. The van der Waals surface area contributed by atoms with Gasteiger partial charge in [-0.15, -0.1) is 0 Å². The van der Waals surface area contributed by atoms with Crippen LogP contribution < -0.4 is 16.4 Å². The number of nitrogens with one attached hydrogen (secondary N) is 2. The summed E-state index contributed by atoms with van der Waals surface area (Å²) in [6, 6.07) is 24.0. The number of carbonyl (C=O) groups excluding carboxylic acids is 2. The van der Waals surface area contributed by atoms with Gasteiger partial charge in [0.2, 0.25) is 0 Å². The maximum Gasteiger partial charge on any atom is 0.316 e. The van der Waals surface area contributed by atoms with Gasteiger partial charge in [-0.2, -0.15) is 0 Å². The molecule has 0 spiro atoms. The van der Waals surface area contributed by atoms with Crippen molar-refractivity contribution < 1.29 is 9.59 Å². The van der Waals surface area contributed by atoms with Gasteiger partial charge in [-0.05, 0) is 48.2 Å². The first-order valence-corrected chi connectivity index (χ1v) is 8.71. The van der Waals surface area contributed by atoms with Crippen LogP contribution in [0.2, 0.25) is 0 Å². The van der Waals surface area contributed by atoms with Gasteiger partial charge in [0.25, 0.3) is 5.91 Å². The molecule has 3 rings (SSSR count). The summed E-state index contributed by atoms with van der Waals surface area (Å²) < 4.78 is 0. The minimum Gasteiger partial charge on any atom is -0.351 e. The van der Waals surface area contributed by atoms with E-state index in [9.17, 15) is 9.59 Å². The van der Waals surface area contributed by atoms with Crippen LogP contribution >= 0.6 is 0 Å². The van der Waals surface area contributed by atoms with Crippen LogP contribution in [0, 0.1) is 0 Å². The molecule has 0 aliphatic heterocycles. The van der Waals surface area contributed by atoms with Crippen LogP contribution in [0.3, 0.4) is 0 Å². The SMILES string of the molecule is NC(=O)Nc1cccc(NC(=O)c2ccccc2CCc2ccccc2)c1. The Kier molecular flexibility index (Phi) is 5.84. The van der Waals surface area contributed by atoms with E-state index in [1.165, 1.54) is 5.56 Å². The zero-order chi connectivity index (χ0) is 19.1. The molecule has 4 N–H and O–H groups in total. The van der Waals surface area contributed by atoms with Gasteiger partial charge in [0, 0.05) is 16.9 Å². The summed E-state index contributed by atoms with van der Waals surface area (Å²) in [5.41, 5.74) is 9.11. The molecule has 0 aliphatic rings. The average Bonchev–Trinajstić information content (AvgIpc) is 2.67. The van der Waals surface area contributed by atoms with E-state index < -0.39 is 6.03 Å². The van der Waals surface area contributed by atoms with Crippen molar-refractivity contribution in [1.82, 2.24) is 0 Å². The van der Waals surface area contributed by atoms with Gasteiger partial charge in [0.1, 0.15) is 0 Å². The summed E-state index contributed by atoms with van der Waals surface area (Å²) in [6.45, 7) is 0. The normalized spacial score (nSPS) is 10.2. The Morgan fingerprint density at radius 2 is 1.41 bits per heavy atom. The lowest BCUT2D eigenvalue weighted by Crippen LogP contribution is -2.19. The van der Waals surface area contributed by atoms with Gasteiger partial charge in [-0.25, -0.2) is 4.79 Å². The standard InChI is InChI=1S/C22H21N3O2/c23-22(27)25-19-11-6-10-18(15-19)24-21(26)20-12-5-4-9-17(20)14-13-16-7-2-1-3-8-16/h1-12,15H,13-14H2,(H,24,26)(H3,23,25,27). The highest BCUT2D eigenvalue weighted by Crippen LogP contribution is 2.18. The molecule has 0 bridgehead atoms. The van der Waals surface area contributed by atoms with E-state index in [2.05, 4.69) is 22.8 Å². The number of carbonyl (C=O) groups is 2. The van der Waals surface area contributed by atoms with E-state index in [-0.39, 0.29) is 5.91 Å². The van der Waals surface area contributed by atoms with Gasteiger partial charge in [0.15, 0.2) is 0 Å². The van der Waals surface area contributed by atoms with Gasteiger partial charge in [-0.1, -0.05) is 54.6 Å². The second kappa shape index (κ2) is 8.67. The molecule has 3 amide bonds. The Hall–Kier alpha value is -3.60. The maximum atomic E-state index is 12.8. The Morgan fingerprint density at radius 1 is 0.741 bits per heavy atom. The van der Waals surface area contributed by atoms with Crippen LogP contribution in [-0.4, -0.2) is 11.9 Å². The van der Waals surface area contributed by atoms with Crippen LogP contribution in [0.4, 0.5) is 16.2 Å². The smallest absolute Gasteiger partial charge is 0.316 e. The van der Waals surface area contributed by atoms with Crippen LogP contribution in [0.15, 0.2) is 78.9 Å². The minimum atomic E-state index is -0.648. The fourth-order valence-electron chi connectivity index (χ4n) is 2.90. The summed E-state index contributed by atoms with van der Waals surface area (Å²) in [5, 5.41) is 5.37. The van der Waals surface area contributed by atoms with Crippen molar-refractivity contribution in [3.05, 3.63) is 95.6 Å². The molecule has 5 nitrogen and oxygen atoms in total. The molecule has 5 heteroatoms. The highest BCUT2D eigenvalue weighted by Gasteiger charge is 2.11. The first kappa shape index (κ1) is 18.2. The number of rotatable bonds is 6. The summed E-state index contributed by atoms with van der Waals surface area (Å²) in [4.78, 5) is 23.7. The van der Waals surface area contributed by atoms with Crippen molar-refractivity contribution in [1.29, 1.82) is 0 Å². The topological polar surface area (TPSA) is 84.2 Å². The van der Waals surface area contributed by atoms with Crippen LogP contribution in [0.25, 0.3) is 0 Å². The molecule has 0 radical (unpaired) electrons. The Labute approximate surface area is 158 Å². The molecule has 27 heavy (non-hydrogen) atoms. The fourth-order valence-corrected chi connectivity index (χ4v) is 2.90. The van der Waals surface area contributed by atoms with Gasteiger partial charge >= 0.3 is 6.03 Å². The van der Waals surface area contributed by atoms with E-state index in [4.69, 9.17) is 5.73 Å². The number of urea groups is 1. The van der Waals surface area contributed by atoms with Gasteiger partial charge in [-0.3, -0.25) is 4.79 Å². The second-order valence-electron chi connectivity index (χ2n) is 6.17. The predicted octanol–water partition coefficient (Wildman–Crippen LogP) is 4.21. The van der Waals surface area contributed by atoms with Crippen LogP contribution in [0.1, 0.15) is 21.5 Å². The number of nitrogens with two attached hydrogens (primary N) is 1. The Bertz CT molecular complexity index is 939. The first-order valence-electron chi connectivity index (χ1n) is 8.71. The highest BCUT2D eigenvalue weighted by atomic mass is 16.2. The molecule has 3 aromatic rings. The molecular weight excluding hydrogens is 338 g/mol. The number of anilines is 2. The van der Waals surface area contributed by atoms with E-state index in [1.807, 2.05) is 42.5 Å². The summed E-state index contributed by atoms with van der Waals surface area (Å²) in [6.07, 6.45) is 1.64. The van der Waals surface area contributed by atoms with Crippen molar-refractivity contribution in [2.75, 3.05) is 10.6 Å². The monoisotopic (exact) mass is 359 g/mol. The van der Waals surface area contributed by atoms with Crippen molar-refractivity contribution in [3.8, 4) is 0 Å². The molecule has 0 atom stereocenters. The van der Waals surface area contributed by atoms with Crippen molar-refractivity contribution in [2.24, 2.45) is 5.73 Å². The molecule has 3 aromatic carbocycles. The summed E-state index contributed by atoms with van der Waals surface area (Å²) >= 11 is 0. The largest absolute Gasteiger partial charge is 0.351 e. The van der Waals surface area contributed by atoms with Crippen molar-refractivity contribution >= 4 is 23.3 Å². The van der Waals surface area contributed by atoms with E-state index in [1.54, 1.807) is 24.3 Å². The van der Waals surface area contributed by atoms with Gasteiger partial charge in [0.05, 0.1) is 0 Å². The number of benzene rings is 3. The molecule has 0 unspecified atom stereocenters. The number of amides is 3. The molecule has 0 heterocycles. The van der Waals surface area contributed by atoms with Crippen LogP contribution in [0.5, 0.6) is 0 Å². The van der Waals surface area contributed by atoms with E-state index in [0.29, 0.717) is 16.9 Å². The van der Waals surface area contributed by atoms with E-state index >= 15 is 0 Å². The lowest BCUT2D eigenvalue weighted by molar-refractivity contribution is 0.102. The third-order valence-electron chi connectivity index (χ3n) is 4.18. The molecular formula is C22H21N3O2. The highest BCUT2D eigenvalue weighted by molar-refractivity contribution is 6.05. The van der Waals surface area contributed by atoms with Crippen molar-refractivity contribution in [3.63, 3.8) is 0 Å². The molecule has 0 fully saturated rings. The molecule has 0 aromatic heterocycles. The second-order valence-corrected chi connectivity index (χ2v) is 6.17. The van der Waals surface area contributed by atoms with E-state index in [0.717, 1.165) is 18.4 Å². The first-order chi connectivity index (χ1) is 13.1. The summed E-state index contributed by atoms with van der Waals surface area (Å²) in [5.74, 6) is -0.185. The number of hydrogen-bond acceptors (Lipinski definition) is 2. The van der Waals surface area contributed by atoms with Crippen LogP contribution in [-0.2, 0) is 12.8 Å². The number of primary amides is 1. The minimum absolute atomic E-state index is 0.185. The van der Waals surface area contributed by atoms with Gasteiger partial charge < -0.3 is 16.4 Å². The predicted molar refractivity (Wildman–Crippen MR) is 108 cm³/mol. The summed E-state index contributed by atoms with van der Waals surface area (Å²) in [7, 11) is 0. The Morgan fingerprint density at radius 3 is 2.15 bits per heavy atom. The molecule has 0 saturated carbocycles.